The van der Waals surface area contributed by atoms with Crippen LogP contribution in [0.5, 0.6) is 0 Å². The molecule has 4 aliphatic rings. The summed E-state index contributed by atoms with van der Waals surface area (Å²) in [6.07, 6.45) is 7.09. The molecule has 0 aromatic heterocycles. The van der Waals surface area contributed by atoms with Gasteiger partial charge in [-0.1, -0.05) is 6.92 Å². The molecule has 0 amide bonds. The Bertz CT molecular complexity index is 497. The van der Waals surface area contributed by atoms with E-state index in [1.165, 1.54) is 30.6 Å². The van der Waals surface area contributed by atoms with E-state index in [-0.39, 0.29) is 11.5 Å². The molecule has 4 rings (SSSR count). The first-order chi connectivity index (χ1) is 10.1. The van der Waals surface area contributed by atoms with Crippen molar-refractivity contribution in [3.05, 3.63) is 11.3 Å². The summed E-state index contributed by atoms with van der Waals surface area (Å²) in [4.78, 5) is 12.5. The summed E-state index contributed by atoms with van der Waals surface area (Å²) in [5.74, 6) is 3.61. The standard InChI is InChI=1S/C18H27NO2/c1-11-9-13-10-16-15(6-4-8-21-16)18(17(11)12(2)20)14(13)5-3-7-19-18/h11,13-14,17,19H,3-10H2,1-2H3/t11-,13-,14+,17-,18+/m0/s1. The number of piperidine rings is 1. The second-order valence-electron chi connectivity index (χ2n) is 7.66. The summed E-state index contributed by atoms with van der Waals surface area (Å²) in [7, 11) is 0. The molecule has 5 atom stereocenters. The fourth-order valence-electron chi connectivity index (χ4n) is 6.14. The first-order valence-corrected chi connectivity index (χ1v) is 8.75. The van der Waals surface area contributed by atoms with Crippen molar-refractivity contribution in [2.75, 3.05) is 13.2 Å². The summed E-state index contributed by atoms with van der Waals surface area (Å²) < 4.78 is 6.05. The maximum atomic E-state index is 12.5. The second kappa shape index (κ2) is 4.84. The molecular weight excluding hydrogens is 262 g/mol. The number of nitrogens with one attached hydrogen (secondary N) is 1. The maximum Gasteiger partial charge on any atom is 0.135 e. The van der Waals surface area contributed by atoms with E-state index in [2.05, 4.69) is 12.2 Å². The Morgan fingerprint density at radius 3 is 3.05 bits per heavy atom. The number of carbonyl (C=O) groups excluding carboxylic acids is 1. The van der Waals surface area contributed by atoms with Gasteiger partial charge < -0.3 is 10.1 Å². The molecule has 3 nitrogen and oxygen atoms in total. The van der Waals surface area contributed by atoms with Crippen LogP contribution in [0, 0.1) is 23.7 Å². The molecule has 0 spiro atoms. The minimum Gasteiger partial charge on any atom is -0.498 e. The first-order valence-electron chi connectivity index (χ1n) is 8.75. The molecule has 2 aliphatic heterocycles. The topological polar surface area (TPSA) is 38.3 Å². The third-order valence-corrected chi connectivity index (χ3v) is 6.57. The van der Waals surface area contributed by atoms with Gasteiger partial charge in [0.25, 0.3) is 0 Å². The Hall–Kier alpha value is -0.830. The summed E-state index contributed by atoms with van der Waals surface area (Å²) in [5, 5.41) is 3.87. The Balaban J connectivity index is 1.90. The highest BCUT2D eigenvalue weighted by Gasteiger charge is 2.61. The van der Waals surface area contributed by atoms with Gasteiger partial charge in [-0.3, -0.25) is 4.79 Å². The van der Waals surface area contributed by atoms with Crippen LogP contribution >= 0.6 is 0 Å². The van der Waals surface area contributed by atoms with Gasteiger partial charge in [-0.15, -0.1) is 0 Å². The number of carbonyl (C=O) groups is 1. The third kappa shape index (κ3) is 1.79. The zero-order chi connectivity index (χ0) is 14.6. The lowest BCUT2D eigenvalue weighted by Crippen LogP contribution is -2.69. The minimum atomic E-state index is -0.0690. The number of hydrogen-bond donors (Lipinski definition) is 1. The Labute approximate surface area is 127 Å². The van der Waals surface area contributed by atoms with Crippen molar-refractivity contribution >= 4 is 5.78 Å². The lowest BCUT2D eigenvalue weighted by atomic mass is 9.48. The fraction of sp³-hybridized carbons (Fsp3) is 0.833. The number of allylic oxidation sites excluding steroid dienone is 1. The van der Waals surface area contributed by atoms with Gasteiger partial charge in [-0.25, -0.2) is 0 Å². The monoisotopic (exact) mass is 289 g/mol. The van der Waals surface area contributed by atoms with Crippen LogP contribution < -0.4 is 5.32 Å². The van der Waals surface area contributed by atoms with Crippen LogP contribution in [0.2, 0.25) is 0 Å². The zero-order valence-corrected chi connectivity index (χ0v) is 13.3. The van der Waals surface area contributed by atoms with E-state index in [0.717, 1.165) is 32.4 Å². The fourth-order valence-corrected chi connectivity index (χ4v) is 6.14. The summed E-state index contributed by atoms with van der Waals surface area (Å²) in [6, 6.07) is 0. The molecule has 0 aromatic rings. The van der Waals surface area contributed by atoms with E-state index in [4.69, 9.17) is 4.74 Å². The molecule has 1 saturated heterocycles. The van der Waals surface area contributed by atoms with Gasteiger partial charge in [0.2, 0.25) is 0 Å². The smallest absolute Gasteiger partial charge is 0.135 e. The van der Waals surface area contributed by atoms with Crippen molar-refractivity contribution in [2.45, 2.75) is 57.9 Å². The van der Waals surface area contributed by atoms with Gasteiger partial charge in [0.05, 0.1) is 17.9 Å². The second-order valence-corrected chi connectivity index (χ2v) is 7.66. The largest absolute Gasteiger partial charge is 0.498 e. The first kappa shape index (κ1) is 13.8. The molecule has 2 heterocycles. The average Bonchev–Trinajstić information content (AvgIpc) is 2.46. The van der Waals surface area contributed by atoms with Crippen molar-refractivity contribution in [3.63, 3.8) is 0 Å². The Kier molecular flexibility index (Phi) is 3.18. The van der Waals surface area contributed by atoms with Crippen LogP contribution in [0.3, 0.4) is 0 Å². The average molecular weight is 289 g/mol. The minimum absolute atomic E-state index is 0.0690. The van der Waals surface area contributed by atoms with E-state index >= 15 is 0 Å². The van der Waals surface area contributed by atoms with Crippen LogP contribution in [0.25, 0.3) is 0 Å². The lowest BCUT2D eigenvalue weighted by Gasteiger charge is -2.61. The van der Waals surface area contributed by atoms with Crippen molar-refractivity contribution in [3.8, 4) is 0 Å². The molecule has 3 heteroatoms. The summed E-state index contributed by atoms with van der Waals surface area (Å²) in [6.45, 7) is 6.02. The normalized spacial score (nSPS) is 45.4. The number of Topliss-reactive ketones (excluding diaryl/α,β-unsaturated/α-hetero) is 1. The van der Waals surface area contributed by atoms with Crippen LogP contribution in [0.15, 0.2) is 11.3 Å². The molecule has 2 fully saturated rings. The number of rotatable bonds is 1. The van der Waals surface area contributed by atoms with Gasteiger partial charge in [0.1, 0.15) is 5.78 Å². The highest BCUT2D eigenvalue weighted by atomic mass is 16.5. The lowest BCUT2D eigenvalue weighted by molar-refractivity contribution is -0.132. The van der Waals surface area contributed by atoms with E-state index in [0.29, 0.717) is 23.5 Å². The molecule has 1 saturated carbocycles. The van der Waals surface area contributed by atoms with Crippen LogP contribution in [0.1, 0.15) is 52.4 Å². The molecule has 1 N–H and O–H groups in total. The maximum absolute atomic E-state index is 12.5. The van der Waals surface area contributed by atoms with Crippen molar-refractivity contribution < 1.29 is 9.53 Å². The van der Waals surface area contributed by atoms with E-state index < -0.39 is 0 Å². The SMILES string of the molecule is CC(=O)[C@@H]1[C@@H](C)C[C@H]2CC3=C(CCCO3)[C@@]13NCCC[C@H]23. The van der Waals surface area contributed by atoms with Crippen molar-refractivity contribution in [2.24, 2.45) is 23.7 Å². The predicted octanol–water partition coefficient (Wildman–Crippen LogP) is 3.05. The van der Waals surface area contributed by atoms with E-state index in [1.807, 2.05) is 6.92 Å². The van der Waals surface area contributed by atoms with Crippen LogP contribution in [-0.2, 0) is 9.53 Å². The van der Waals surface area contributed by atoms with Crippen molar-refractivity contribution in [1.82, 2.24) is 5.32 Å². The quantitative estimate of drug-likeness (QED) is 0.806. The highest BCUT2D eigenvalue weighted by Crippen LogP contribution is 2.58. The summed E-state index contributed by atoms with van der Waals surface area (Å²) >= 11 is 0. The van der Waals surface area contributed by atoms with Crippen molar-refractivity contribution in [1.29, 1.82) is 0 Å². The number of hydrogen-bond acceptors (Lipinski definition) is 3. The highest BCUT2D eigenvalue weighted by molar-refractivity contribution is 5.81. The molecule has 2 bridgehead atoms. The van der Waals surface area contributed by atoms with Gasteiger partial charge >= 0.3 is 0 Å². The van der Waals surface area contributed by atoms with Crippen LogP contribution in [0.4, 0.5) is 0 Å². The number of ether oxygens (including phenoxy) is 1. The van der Waals surface area contributed by atoms with Gasteiger partial charge in [-0.05, 0) is 68.9 Å². The zero-order valence-electron chi connectivity index (χ0n) is 13.3. The number of ketones is 1. The Morgan fingerprint density at radius 2 is 2.24 bits per heavy atom. The molecule has 2 aliphatic carbocycles. The molecule has 0 radical (unpaired) electrons. The van der Waals surface area contributed by atoms with E-state index in [1.54, 1.807) is 0 Å². The van der Waals surface area contributed by atoms with Crippen LogP contribution in [-0.4, -0.2) is 24.5 Å². The molecular formula is C18H27NO2. The summed E-state index contributed by atoms with van der Waals surface area (Å²) in [5.41, 5.74) is 1.40. The molecule has 116 valence electrons. The van der Waals surface area contributed by atoms with Gasteiger partial charge in [0.15, 0.2) is 0 Å². The molecule has 21 heavy (non-hydrogen) atoms. The van der Waals surface area contributed by atoms with Gasteiger partial charge in [-0.2, -0.15) is 0 Å². The van der Waals surface area contributed by atoms with E-state index in [9.17, 15) is 4.79 Å². The molecule has 0 unspecified atom stereocenters. The predicted molar refractivity (Wildman–Crippen MR) is 81.7 cm³/mol. The molecule has 0 aromatic carbocycles. The Morgan fingerprint density at radius 1 is 1.38 bits per heavy atom. The van der Waals surface area contributed by atoms with Gasteiger partial charge in [0, 0.05) is 12.3 Å². The third-order valence-electron chi connectivity index (χ3n) is 6.57.